The summed E-state index contributed by atoms with van der Waals surface area (Å²) in [5.74, 6) is -0.119. The van der Waals surface area contributed by atoms with Crippen LogP contribution in [0.25, 0.3) is 0 Å². The monoisotopic (exact) mass is 404 g/mol. The highest BCUT2D eigenvalue weighted by Crippen LogP contribution is 2.33. The molecule has 3 aromatic carbocycles. The van der Waals surface area contributed by atoms with Crippen molar-refractivity contribution in [2.75, 3.05) is 17.2 Å². The molecule has 0 aliphatic carbocycles. The van der Waals surface area contributed by atoms with Crippen LogP contribution in [0.4, 0.5) is 11.4 Å². The Morgan fingerprint density at radius 2 is 1.86 bits per heavy atom. The van der Waals surface area contributed by atoms with E-state index in [-0.39, 0.29) is 18.4 Å². The third-order valence-corrected chi connectivity index (χ3v) is 5.74. The molecule has 146 valence electrons. The van der Waals surface area contributed by atoms with Crippen LogP contribution in [-0.2, 0) is 4.79 Å². The van der Waals surface area contributed by atoms with Crippen molar-refractivity contribution < 1.29 is 14.3 Å². The third-order valence-electron chi connectivity index (χ3n) is 4.55. The minimum Gasteiger partial charge on any atom is -0.481 e. The highest BCUT2D eigenvalue weighted by molar-refractivity contribution is 7.99. The third kappa shape index (κ3) is 4.27. The molecule has 0 aromatic heterocycles. The number of para-hydroxylation sites is 1. The zero-order valence-electron chi connectivity index (χ0n) is 16.1. The number of fused-ring (bicyclic) bond motifs is 1. The molecule has 2 N–H and O–H groups in total. The number of aryl methyl sites for hydroxylation is 2. The lowest BCUT2D eigenvalue weighted by Gasteiger charge is -2.20. The molecule has 0 radical (unpaired) electrons. The van der Waals surface area contributed by atoms with Crippen molar-refractivity contribution in [3.05, 3.63) is 77.4 Å². The molecule has 6 heteroatoms. The predicted octanol–water partition coefficient (Wildman–Crippen LogP) is 5.04. The fourth-order valence-electron chi connectivity index (χ4n) is 3.14. The van der Waals surface area contributed by atoms with Crippen molar-refractivity contribution in [1.82, 2.24) is 0 Å². The quantitative estimate of drug-likeness (QED) is 0.639. The maximum absolute atomic E-state index is 12.7. The Kier molecular flexibility index (Phi) is 5.27. The van der Waals surface area contributed by atoms with Crippen LogP contribution in [0.2, 0.25) is 0 Å². The van der Waals surface area contributed by atoms with Gasteiger partial charge in [0.1, 0.15) is 0 Å². The van der Waals surface area contributed by atoms with Gasteiger partial charge in [-0.25, -0.2) is 0 Å². The van der Waals surface area contributed by atoms with Crippen molar-refractivity contribution in [2.45, 2.75) is 23.6 Å². The lowest BCUT2D eigenvalue weighted by Crippen LogP contribution is -2.27. The molecule has 0 fully saturated rings. The zero-order valence-corrected chi connectivity index (χ0v) is 16.9. The summed E-state index contributed by atoms with van der Waals surface area (Å²) in [6.45, 7) is 4.10. The van der Waals surface area contributed by atoms with Gasteiger partial charge >= 0.3 is 0 Å². The molecule has 4 rings (SSSR count). The fourth-order valence-corrected chi connectivity index (χ4v) is 4.02. The number of ether oxygens (including phenoxy) is 1. The van der Waals surface area contributed by atoms with E-state index in [0.29, 0.717) is 22.7 Å². The standard InChI is InChI=1S/C23H20N2O3S/c1-14-6-11-20(15(2)12-14)29-17-9-7-16(8-10-17)24-23(27)18-4-3-5-19-22(18)28-13-21(26)25-19/h3-12H,13H2,1-2H3,(H,24,27)(H,25,26). The second-order valence-corrected chi connectivity index (χ2v) is 7.98. The topological polar surface area (TPSA) is 67.4 Å². The van der Waals surface area contributed by atoms with Crippen LogP contribution in [0, 0.1) is 13.8 Å². The Morgan fingerprint density at radius 3 is 2.62 bits per heavy atom. The minimum atomic E-state index is -0.284. The second-order valence-electron chi connectivity index (χ2n) is 6.87. The molecule has 29 heavy (non-hydrogen) atoms. The van der Waals surface area contributed by atoms with E-state index in [1.807, 2.05) is 24.3 Å². The predicted molar refractivity (Wildman–Crippen MR) is 115 cm³/mol. The van der Waals surface area contributed by atoms with Crippen LogP contribution < -0.4 is 15.4 Å². The summed E-state index contributed by atoms with van der Waals surface area (Å²) in [6.07, 6.45) is 0. The first-order chi connectivity index (χ1) is 14.0. The van der Waals surface area contributed by atoms with Gasteiger partial charge in [0.25, 0.3) is 11.8 Å². The summed E-state index contributed by atoms with van der Waals surface area (Å²) < 4.78 is 5.45. The van der Waals surface area contributed by atoms with Gasteiger partial charge in [-0.2, -0.15) is 0 Å². The lowest BCUT2D eigenvalue weighted by molar-refractivity contribution is -0.118. The number of nitrogens with one attached hydrogen (secondary N) is 2. The normalized spacial score (nSPS) is 12.6. The summed E-state index contributed by atoms with van der Waals surface area (Å²) in [6, 6.07) is 19.2. The van der Waals surface area contributed by atoms with Crippen LogP contribution in [0.1, 0.15) is 21.5 Å². The molecule has 1 aliphatic heterocycles. The molecule has 0 bridgehead atoms. The van der Waals surface area contributed by atoms with E-state index in [2.05, 4.69) is 42.7 Å². The molecule has 0 saturated heterocycles. The number of amides is 2. The molecule has 0 atom stereocenters. The molecule has 3 aromatic rings. The molecule has 0 unspecified atom stereocenters. The van der Waals surface area contributed by atoms with E-state index in [0.717, 1.165) is 4.90 Å². The maximum Gasteiger partial charge on any atom is 0.262 e. The van der Waals surface area contributed by atoms with Gasteiger partial charge in [-0.1, -0.05) is 35.5 Å². The highest BCUT2D eigenvalue weighted by Gasteiger charge is 2.22. The van der Waals surface area contributed by atoms with Gasteiger partial charge in [-0.05, 0) is 61.9 Å². The molecule has 0 spiro atoms. The molecule has 1 aliphatic rings. The van der Waals surface area contributed by atoms with Crippen molar-refractivity contribution in [2.24, 2.45) is 0 Å². The van der Waals surface area contributed by atoms with Crippen LogP contribution in [-0.4, -0.2) is 18.4 Å². The number of carbonyl (C=O) groups excluding carboxylic acids is 2. The van der Waals surface area contributed by atoms with Crippen LogP contribution in [0.3, 0.4) is 0 Å². The van der Waals surface area contributed by atoms with Gasteiger partial charge in [-0.3, -0.25) is 9.59 Å². The Hall–Kier alpha value is -3.25. The van der Waals surface area contributed by atoms with Crippen molar-refractivity contribution in [3.8, 4) is 5.75 Å². The van der Waals surface area contributed by atoms with Gasteiger partial charge in [0.2, 0.25) is 0 Å². The number of rotatable bonds is 4. The average molecular weight is 404 g/mol. The average Bonchev–Trinajstić information content (AvgIpc) is 2.70. The second kappa shape index (κ2) is 8.01. The van der Waals surface area contributed by atoms with E-state index >= 15 is 0 Å². The van der Waals surface area contributed by atoms with E-state index < -0.39 is 0 Å². The molecular weight excluding hydrogens is 384 g/mol. The number of anilines is 2. The van der Waals surface area contributed by atoms with Gasteiger partial charge in [0.05, 0.1) is 11.3 Å². The largest absolute Gasteiger partial charge is 0.481 e. The van der Waals surface area contributed by atoms with Gasteiger partial charge in [0.15, 0.2) is 12.4 Å². The zero-order chi connectivity index (χ0) is 20.4. The SMILES string of the molecule is Cc1ccc(Sc2ccc(NC(=O)c3cccc4c3OCC(=O)N4)cc2)c(C)c1. The minimum absolute atomic E-state index is 0.0956. The summed E-state index contributed by atoms with van der Waals surface area (Å²) >= 11 is 1.69. The van der Waals surface area contributed by atoms with Gasteiger partial charge in [0, 0.05) is 15.5 Å². The lowest BCUT2D eigenvalue weighted by atomic mass is 10.1. The summed E-state index contributed by atoms with van der Waals surface area (Å²) in [5, 5.41) is 5.60. The van der Waals surface area contributed by atoms with Crippen LogP contribution >= 0.6 is 11.8 Å². The number of carbonyl (C=O) groups is 2. The first-order valence-corrected chi connectivity index (χ1v) is 10.0. The van der Waals surface area contributed by atoms with E-state index in [1.165, 1.54) is 16.0 Å². The van der Waals surface area contributed by atoms with Crippen molar-refractivity contribution >= 4 is 35.0 Å². The van der Waals surface area contributed by atoms with Crippen molar-refractivity contribution in [3.63, 3.8) is 0 Å². The summed E-state index contributed by atoms with van der Waals surface area (Å²) in [5.41, 5.74) is 4.08. The molecule has 0 saturated carbocycles. The van der Waals surface area contributed by atoms with Gasteiger partial charge in [-0.15, -0.1) is 0 Å². The Balaban J connectivity index is 1.47. The first kappa shape index (κ1) is 19.1. The molecular formula is C23H20N2O3S. The Bertz CT molecular complexity index is 1090. The highest BCUT2D eigenvalue weighted by atomic mass is 32.2. The van der Waals surface area contributed by atoms with E-state index in [1.54, 1.807) is 30.0 Å². The van der Waals surface area contributed by atoms with Gasteiger partial charge < -0.3 is 15.4 Å². The van der Waals surface area contributed by atoms with E-state index in [4.69, 9.17) is 4.74 Å². The van der Waals surface area contributed by atoms with Crippen LogP contribution in [0.5, 0.6) is 5.75 Å². The number of benzene rings is 3. The molecule has 2 amide bonds. The molecule has 5 nitrogen and oxygen atoms in total. The Morgan fingerprint density at radius 1 is 1.07 bits per heavy atom. The Labute approximate surface area is 173 Å². The summed E-state index contributed by atoms with van der Waals surface area (Å²) in [4.78, 5) is 26.5. The first-order valence-electron chi connectivity index (χ1n) is 9.22. The fraction of sp³-hybridized carbons (Fsp3) is 0.130. The van der Waals surface area contributed by atoms with Crippen molar-refractivity contribution in [1.29, 1.82) is 0 Å². The van der Waals surface area contributed by atoms with E-state index in [9.17, 15) is 9.59 Å². The maximum atomic E-state index is 12.7. The van der Waals surface area contributed by atoms with Crippen LogP contribution in [0.15, 0.2) is 70.5 Å². The summed E-state index contributed by atoms with van der Waals surface area (Å²) in [7, 11) is 0. The number of hydrogen-bond donors (Lipinski definition) is 2. The smallest absolute Gasteiger partial charge is 0.262 e. The molecule has 1 heterocycles. The number of hydrogen-bond acceptors (Lipinski definition) is 4.